The number of halogens is 1. The van der Waals surface area contributed by atoms with Gasteiger partial charge in [0.2, 0.25) is 0 Å². The number of guanidine groups is 1. The van der Waals surface area contributed by atoms with Gasteiger partial charge in [-0.3, -0.25) is 4.90 Å². The third kappa shape index (κ3) is 6.72. The first kappa shape index (κ1) is 21.5. The van der Waals surface area contributed by atoms with E-state index in [0.29, 0.717) is 6.04 Å². The van der Waals surface area contributed by atoms with E-state index in [4.69, 9.17) is 4.99 Å². The molecule has 0 radical (unpaired) electrons. The van der Waals surface area contributed by atoms with Crippen molar-refractivity contribution < 1.29 is 0 Å². The average Bonchev–Trinajstić information content (AvgIpc) is 3.15. The van der Waals surface area contributed by atoms with Crippen LogP contribution in [-0.4, -0.2) is 36.5 Å². The molecule has 3 rings (SSSR count). The normalized spacial score (nSPS) is 19.2. The Morgan fingerprint density at radius 2 is 1.73 bits per heavy atom. The molecule has 0 atom stereocenters. The summed E-state index contributed by atoms with van der Waals surface area (Å²) in [6.07, 6.45) is 9.31. The Morgan fingerprint density at radius 1 is 1.04 bits per heavy atom. The van der Waals surface area contributed by atoms with Crippen molar-refractivity contribution in [3.63, 3.8) is 0 Å². The van der Waals surface area contributed by atoms with Gasteiger partial charge in [0, 0.05) is 19.1 Å². The van der Waals surface area contributed by atoms with Crippen molar-refractivity contribution in [2.45, 2.75) is 71.0 Å². The van der Waals surface area contributed by atoms with Gasteiger partial charge >= 0.3 is 0 Å². The molecule has 0 amide bonds. The maximum atomic E-state index is 4.88. The number of hydrogen-bond acceptors (Lipinski definition) is 2. The molecule has 0 spiro atoms. The molecule has 26 heavy (non-hydrogen) atoms. The molecule has 1 saturated carbocycles. The van der Waals surface area contributed by atoms with Crippen LogP contribution < -0.4 is 10.6 Å². The van der Waals surface area contributed by atoms with Crippen molar-refractivity contribution in [2.24, 2.45) is 4.99 Å². The van der Waals surface area contributed by atoms with E-state index in [-0.39, 0.29) is 24.0 Å². The quantitative estimate of drug-likeness (QED) is 0.370. The summed E-state index contributed by atoms with van der Waals surface area (Å²) < 4.78 is 0. The molecule has 0 bridgehead atoms. The molecule has 1 aromatic rings. The van der Waals surface area contributed by atoms with E-state index in [1.54, 1.807) is 0 Å². The minimum atomic E-state index is 0. The minimum Gasteiger partial charge on any atom is -0.357 e. The van der Waals surface area contributed by atoms with Gasteiger partial charge in [-0.2, -0.15) is 0 Å². The number of aliphatic imine (C=N–C) groups is 1. The van der Waals surface area contributed by atoms with E-state index in [1.165, 1.54) is 69.2 Å². The van der Waals surface area contributed by atoms with E-state index in [2.05, 4.69) is 46.7 Å². The smallest absolute Gasteiger partial charge is 0.191 e. The van der Waals surface area contributed by atoms with Gasteiger partial charge < -0.3 is 10.6 Å². The van der Waals surface area contributed by atoms with Crippen LogP contribution in [-0.2, 0) is 13.1 Å². The van der Waals surface area contributed by atoms with Gasteiger partial charge in [0.15, 0.2) is 5.96 Å². The number of piperidine rings is 1. The number of likely N-dealkylation sites (tertiary alicyclic amines) is 1. The molecular weight excluding hydrogens is 435 g/mol. The molecular formula is C21H35IN4. The van der Waals surface area contributed by atoms with Crippen molar-refractivity contribution >= 4 is 29.9 Å². The molecule has 2 N–H and O–H groups in total. The van der Waals surface area contributed by atoms with Gasteiger partial charge in [0.05, 0.1) is 6.54 Å². The first-order chi connectivity index (χ1) is 12.3. The predicted octanol–water partition coefficient (Wildman–Crippen LogP) is 4.29. The number of benzene rings is 1. The van der Waals surface area contributed by atoms with Crippen LogP contribution in [0.5, 0.6) is 0 Å². The lowest BCUT2D eigenvalue weighted by atomic mass is 10.1. The van der Waals surface area contributed by atoms with Crippen LogP contribution in [0, 0.1) is 0 Å². The Morgan fingerprint density at radius 3 is 2.42 bits per heavy atom. The van der Waals surface area contributed by atoms with E-state index < -0.39 is 0 Å². The molecule has 4 nitrogen and oxygen atoms in total. The highest BCUT2D eigenvalue weighted by Crippen LogP contribution is 2.18. The molecule has 5 heteroatoms. The SMILES string of the molecule is CCNC(=NCc1ccccc1CN1CCCCC1)NC1CCCC1.I. The maximum absolute atomic E-state index is 4.88. The van der Waals surface area contributed by atoms with Crippen molar-refractivity contribution in [3.05, 3.63) is 35.4 Å². The van der Waals surface area contributed by atoms with Crippen molar-refractivity contribution in [1.29, 1.82) is 0 Å². The van der Waals surface area contributed by atoms with Crippen LogP contribution in [0.3, 0.4) is 0 Å². The lowest BCUT2D eigenvalue weighted by Gasteiger charge is -2.27. The third-order valence-corrected chi connectivity index (χ3v) is 5.41. The van der Waals surface area contributed by atoms with E-state index in [1.807, 2.05) is 0 Å². The lowest BCUT2D eigenvalue weighted by molar-refractivity contribution is 0.220. The van der Waals surface area contributed by atoms with Crippen LogP contribution in [0.1, 0.15) is 63.0 Å². The average molecular weight is 470 g/mol. The Kier molecular flexibility index (Phi) is 9.75. The molecule has 0 unspecified atom stereocenters. The number of nitrogens with zero attached hydrogens (tertiary/aromatic N) is 2. The van der Waals surface area contributed by atoms with Gasteiger partial charge in [-0.1, -0.05) is 43.5 Å². The van der Waals surface area contributed by atoms with E-state index >= 15 is 0 Å². The van der Waals surface area contributed by atoms with Crippen molar-refractivity contribution in [2.75, 3.05) is 19.6 Å². The lowest BCUT2D eigenvalue weighted by Crippen LogP contribution is -2.42. The van der Waals surface area contributed by atoms with Crippen LogP contribution in [0.15, 0.2) is 29.3 Å². The molecule has 146 valence electrons. The van der Waals surface area contributed by atoms with Crippen LogP contribution in [0.4, 0.5) is 0 Å². The second-order valence-electron chi connectivity index (χ2n) is 7.43. The molecule has 0 aromatic heterocycles. The van der Waals surface area contributed by atoms with Gasteiger partial charge in [0.1, 0.15) is 0 Å². The summed E-state index contributed by atoms with van der Waals surface area (Å²) in [6, 6.07) is 9.41. The fourth-order valence-electron chi connectivity index (χ4n) is 3.97. The Balaban J connectivity index is 0.00000243. The zero-order valence-electron chi connectivity index (χ0n) is 16.2. The first-order valence-electron chi connectivity index (χ1n) is 10.2. The monoisotopic (exact) mass is 470 g/mol. The second kappa shape index (κ2) is 11.8. The second-order valence-corrected chi connectivity index (χ2v) is 7.43. The minimum absolute atomic E-state index is 0. The molecule has 1 heterocycles. The highest BCUT2D eigenvalue weighted by atomic mass is 127. The fourth-order valence-corrected chi connectivity index (χ4v) is 3.97. The number of rotatable bonds is 6. The van der Waals surface area contributed by atoms with E-state index in [9.17, 15) is 0 Å². The zero-order valence-corrected chi connectivity index (χ0v) is 18.5. The summed E-state index contributed by atoms with van der Waals surface area (Å²) >= 11 is 0. The third-order valence-electron chi connectivity index (χ3n) is 5.41. The standard InChI is InChI=1S/C21H34N4.HI/c1-2-22-21(24-20-12-6-7-13-20)23-16-18-10-4-5-11-19(18)17-25-14-8-3-9-15-25;/h4-5,10-11,20H,2-3,6-9,12-17H2,1H3,(H2,22,23,24);1H. The van der Waals surface area contributed by atoms with Gasteiger partial charge in [-0.15, -0.1) is 24.0 Å². The van der Waals surface area contributed by atoms with Crippen LogP contribution in [0.2, 0.25) is 0 Å². The highest BCUT2D eigenvalue weighted by molar-refractivity contribution is 14.0. The highest BCUT2D eigenvalue weighted by Gasteiger charge is 2.16. The predicted molar refractivity (Wildman–Crippen MR) is 121 cm³/mol. The van der Waals surface area contributed by atoms with Crippen LogP contribution >= 0.6 is 24.0 Å². The Hall–Kier alpha value is -0.820. The molecule has 1 saturated heterocycles. The van der Waals surface area contributed by atoms with Gasteiger partial charge in [-0.25, -0.2) is 4.99 Å². The maximum Gasteiger partial charge on any atom is 0.191 e. The molecule has 1 aliphatic carbocycles. The van der Waals surface area contributed by atoms with Gasteiger partial charge in [0.25, 0.3) is 0 Å². The largest absolute Gasteiger partial charge is 0.357 e. The van der Waals surface area contributed by atoms with Crippen LogP contribution in [0.25, 0.3) is 0 Å². The molecule has 2 aliphatic rings. The summed E-state index contributed by atoms with van der Waals surface area (Å²) in [5.74, 6) is 0.974. The number of hydrogen-bond donors (Lipinski definition) is 2. The molecule has 1 aliphatic heterocycles. The Labute approximate surface area is 176 Å². The number of nitrogens with one attached hydrogen (secondary N) is 2. The Bertz CT molecular complexity index is 549. The fraction of sp³-hybridized carbons (Fsp3) is 0.667. The summed E-state index contributed by atoms with van der Waals surface area (Å²) in [6.45, 7) is 7.35. The zero-order chi connectivity index (χ0) is 17.3. The molecule has 1 aromatic carbocycles. The topological polar surface area (TPSA) is 39.7 Å². The summed E-state index contributed by atoms with van der Waals surface area (Å²) in [4.78, 5) is 7.47. The van der Waals surface area contributed by atoms with E-state index in [0.717, 1.165) is 25.6 Å². The van der Waals surface area contributed by atoms with Gasteiger partial charge in [-0.05, 0) is 56.8 Å². The molecule has 2 fully saturated rings. The van der Waals surface area contributed by atoms with Crippen molar-refractivity contribution in [1.82, 2.24) is 15.5 Å². The first-order valence-corrected chi connectivity index (χ1v) is 10.2. The summed E-state index contributed by atoms with van der Waals surface area (Å²) in [5.41, 5.74) is 2.79. The van der Waals surface area contributed by atoms with Crippen molar-refractivity contribution in [3.8, 4) is 0 Å². The summed E-state index contributed by atoms with van der Waals surface area (Å²) in [7, 11) is 0. The summed E-state index contributed by atoms with van der Waals surface area (Å²) in [5, 5.41) is 7.03.